The van der Waals surface area contributed by atoms with Gasteiger partial charge in [0.15, 0.2) is 0 Å². The van der Waals surface area contributed by atoms with Crippen LogP contribution in [-0.2, 0) is 9.53 Å². The SMILES string of the molecule is Cc1ccc(C(=O)NCCNC(=O)[C@@H]2CCCN2C(=O)OC(C)(C)C)cc1F. The van der Waals surface area contributed by atoms with E-state index < -0.39 is 29.5 Å². The average Bonchev–Trinajstić information content (AvgIpc) is 3.09. The fourth-order valence-corrected chi connectivity index (χ4v) is 2.89. The van der Waals surface area contributed by atoms with Gasteiger partial charge in [0.1, 0.15) is 17.5 Å². The minimum Gasteiger partial charge on any atom is -0.444 e. The molecule has 1 saturated heterocycles. The summed E-state index contributed by atoms with van der Waals surface area (Å²) in [7, 11) is 0. The van der Waals surface area contributed by atoms with Crippen LogP contribution in [0.4, 0.5) is 9.18 Å². The van der Waals surface area contributed by atoms with Crippen molar-refractivity contribution in [3.05, 3.63) is 35.1 Å². The highest BCUT2D eigenvalue weighted by molar-refractivity contribution is 5.94. The Balaban J connectivity index is 1.79. The summed E-state index contributed by atoms with van der Waals surface area (Å²) in [5.74, 6) is -1.13. The first-order chi connectivity index (χ1) is 13.1. The van der Waals surface area contributed by atoms with E-state index in [1.54, 1.807) is 33.8 Å². The molecule has 0 bridgehead atoms. The van der Waals surface area contributed by atoms with Crippen LogP contribution in [0.3, 0.4) is 0 Å². The van der Waals surface area contributed by atoms with Crippen LogP contribution < -0.4 is 10.6 Å². The average molecular weight is 393 g/mol. The molecular formula is C20H28FN3O4. The van der Waals surface area contributed by atoms with Gasteiger partial charge in [0, 0.05) is 25.2 Å². The molecule has 0 radical (unpaired) electrons. The highest BCUT2D eigenvalue weighted by atomic mass is 19.1. The molecule has 0 spiro atoms. The lowest BCUT2D eigenvalue weighted by atomic mass is 10.1. The Morgan fingerprint density at radius 3 is 2.54 bits per heavy atom. The molecule has 28 heavy (non-hydrogen) atoms. The van der Waals surface area contributed by atoms with Crippen LogP contribution in [0, 0.1) is 12.7 Å². The number of benzene rings is 1. The summed E-state index contributed by atoms with van der Waals surface area (Å²) in [6, 6.07) is 3.69. The van der Waals surface area contributed by atoms with Crippen molar-refractivity contribution in [1.29, 1.82) is 0 Å². The van der Waals surface area contributed by atoms with Crippen molar-refractivity contribution in [2.75, 3.05) is 19.6 Å². The molecule has 0 unspecified atom stereocenters. The van der Waals surface area contributed by atoms with E-state index in [1.807, 2.05) is 0 Å². The molecule has 3 amide bonds. The molecule has 1 aromatic carbocycles. The van der Waals surface area contributed by atoms with Crippen LogP contribution >= 0.6 is 0 Å². The van der Waals surface area contributed by atoms with Gasteiger partial charge in [-0.1, -0.05) is 6.07 Å². The summed E-state index contributed by atoms with van der Waals surface area (Å²) in [4.78, 5) is 38.1. The molecule has 0 saturated carbocycles. The number of hydrogen-bond acceptors (Lipinski definition) is 4. The number of aryl methyl sites for hydroxylation is 1. The Morgan fingerprint density at radius 2 is 1.89 bits per heavy atom. The smallest absolute Gasteiger partial charge is 0.410 e. The van der Waals surface area contributed by atoms with Crippen molar-refractivity contribution in [2.45, 2.75) is 52.2 Å². The first-order valence-electron chi connectivity index (χ1n) is 9.40. The molecule has 1 heterocycles. The number of ether oxygens (including phenoxy) is 1. The molecule has 8 heteroatoms. The van der Waals surface area contributed by atoms with Gasteiger partial charge < -0.3 is 15.4 Å². The van der Waals surface area contributed by atoms with Gasteiger partial charge in [-0.05, 0) is 58.2 Å². The first-order valence-corrected chi connectivity index (χ1v) is 9.40. The molecule has 1 aliphatic heterocycles. The van der Waals surface area contributed by atoms with Gasteiger partial charge in [-0.2, -0.15) is 0 Å². The number of halogens is 1. The van der Waals surface area contributed by atoms with E-state index in [0.717, 1.165) is 6.42 Å². The van der Waals surface area contributed by atoms with E-state index in [1.165, 1.54) is 17.0 Å². The second-order valence-electron chi connectivity index (χ2n) is 7.84. The van der Waals surface area contributed by atoms with Gasteiger partial charge in [-0.25, -0.2) is 9.18 Å². The molecule has 0 aromatic heterocycles. The molecule has 1 aliphatic rings. The van der Waals surface area contributed by atoms with E-state index in [4.69, 9.17) is 4.74 Å². The summed E-state index contributed by atoms with van der Waals surface area (Å²) in [5.41, 5.74) is 0.0664. The third-order valence-electron chi connectivity index (χ3n) is 4.33. The van der Waals surface area contributed by atoms with E-state index in [9.17, 15) is 18.8 Å². The zero-order chi connectivity index (χ0) is 20.9. The normalized spacial score (nSPS) is 16.6. The zero-order valence-electron chi connectivity index (χ0n) is 16.8. The van der Waals surface area contributed by atoms with Crippen LogP contribution in [0.25, 0.3) is 0 Å². The number of likely N-dealkylation sites (tertiary alicyclic amines) is 1. The molecule has 2 rings (SSSR count). The lowest BCUT2D eigenvalue weighted by Crippen LogP contribution is -2.48. The predicted octanol–water partition coefficient (Wildman–Crippen LogP) is 2.38. The van der Waals surface area contributed by atoms with E-state index in [0.29, 0.717) is 18.5 Å². The van der Waals surface area contributed by atoms with Gasteiger partial charge in [-0.15, -0.1) is 0 Å². The largest absolute Gasteiger partial charge is 0.444 e. The third kappa shape index (κ3) is 5.94. The summed E-state index contributed by atoms with van der Waals surface area (Å²) in [6.07, 6.45) is 0.799. The number of hydrogen-bond donors (Lipinski definition) is 2. The maximum absolute atomic E-state index is 13.5. The molecule has 2 N–H and O–H groups in total. The van der Waals surface area contributed by atoms with E-state index in [-0.39, 0.29) is 24.6 Å². The minimum atomic E-state index is -0.625. The second kappa shape index (κ2) is 9.03. The molecule has 1 aromatic rings. The number of carbonyl (C=O) groups is 3. The number of nitrogens with one attached hydrogen (secondary N) is 2. The molecule has 1 fully saturated rings. The van der Waals surface area contributed by atoms with Crippen molar-refractivity contribution in [1.82, 2.24) is 15.5 Å². The van der Waals surface area contributed by atoms with E-state index in [2.05, 4.69) is 10.6 Å². The van der Waals surface area contributed by atoms with Crippen molar-refractivity contribution in [2.24, 2.45) is 0 Å². The van der Waals surface area contributed by atoms with Gasteiger partial charge in [0.2, 0.25) is 5.91 Å². The summed E-state index contributed by atoms with van der Waals surface area (Å²) >= 11 is 0. The lowest BCUT2D eigenvalue weighted by Gasteiger charge is -2.28. The number of nitrogens with zero attached hydrogens (tertiary/aromatic N) is 1. The maximum atomic E-state index is 13.5. The number of carbonyl (C=O) groups excluding carboxylic acids is 3. The van der Waals surface area contributed by atoms with Crippen molar-refractivity contribution < 1.29 is 23.5 Å². The Morgan fingerprint density at radius 1 is 1.21 bits per heavy atom. The van der Waals surface area contributed by atoms with Gasteiger partial charge in [0.05, 0.1) is 0 Å². The minimum absolute atomic E-state index is 0.194. The fourth-order valence-electron chi connectivity index (χ4n) is 2.89. The molecule has 154 valence electrons. The van der Waals surface area contributed by atoms with Crippen LogP contribution in [0.2, 0.25) is 0 Å². The van der Waals surface area contributed by atoms with Crippen molar-refractivity contribution in [3.63, 3.8) is 0 Å². The Kier molecular flexibility index (Phi) is 6.99. The molecular weight excluding hydrogens is 365 g/mol. The van der Waals surface area contributed by atoms with Crippen molar-refractivity contribution in [3.8, 4) is 0 Å². The van der Waals surface area contributed by atoms with Crippen LogP contribution in [-0.4, -0.2) is 54.1 Å². The standard InChI is InChI=1S/C20H28FN3O4/c1-13-7-8-14(12-15(13)21)17(25)22-9-10-23-18(26)16-6-5-11-24(16)19(27)28-20(2,3)4/h7-8,12,16H,5-6,9-11H2,1-4H3,(H,22,25)(H,23,26)/t16-/m0/s1. The van der Waals surface area contributed by atoms with Gasteiger partial charge in [-0.3, -0.25) is 14.5 Å². The first kappa shape index (κ1) is 21.7. The molecule has 1 atom stereocenters. The van der Waals surface area contributed by atoms with Gasteiger partial charge >= 0.3 is 6.09 Å². The summed E-state index contributed by atoms with van der Waals surface area (Å²) in [5, 5.41) is 5.35. The third-order valence-corrected chi connectivity index (χ3v) is 4.33. The predicted molar refractivity (Wildman–Crippen MR) is 102 cm³/mol. The van der Waals surface area contributed by atoms with E-state index >= 15 is 0 Å². The Hall–Kier alpha value is -2.64. The van der Waals surface area contributed by atoms with Crippen LogP contribution in [0.5, 0.6) is 0 Å². The maximum Gasteiger partial charge on any atom is 0.410 e. The number of rotatable bonds is 5. The topological polar surface area (TPSA) is 87.7 Å². The highest BCUT2D eigenvalue weighted by Crippen LogP contribution is 2.20. The van der Waals surface area contributed by atoms with Crippen LogP contribution in [0.15, 0.2) is 18.2 Å². The van der Waals surface area contributed by atoms with Gasteiger partial charge in [0.25, 0.3) is 5.91 Å². The molecule has 7 nitrogen and oxygen atoms in total. The highest BCUT2D eigenvalue weighted by Gasteiger charge is 2.36. The van der Waals surface area contributed by atoms with Crippen LogP contribution in [0.1, 0.15) is 49.5 Å². The number of amides is 3. The monoisotopic (exact) mass is 393 g/mol. The Bertz CT molecular complexity index is 745. The molecule has 0 aliphatic carbocycles. The quantitative estimate of drug-likeness (QED) is 0.752. The lowest BCUT2D eigenvalue weighted by molar-refractivity contribution is -0.125. The van der Waals surface area contributed by atoms with Crippen molar-refractivity contribution >= 4 is 17.9 Å². The zero-order valence-corrected chi connectivity index (χ0v) is 16.8. The summed E-state index contributed by atoms with van der Waals surface area (Å²) in [6.45, 7) is 7.83. The fraction of sp³-hybridized carbons (Fsp3) is 0.550. The summed E-state index contributed by atoms with van der Waals surface area (Å²) < 4.78 is 18.9. The second-order valence-corrected chi connectivity index (χ2v) is 7.84. The Labute approximate surface area is 164 Å².